The molecular weight excluding hydrogens is 612 g/mol. The second kappa shape index (κ2) is 15.6. The van der Waals surface area contributed by atoms with E-state index in [1.54, 1.807) is 6.92 Å². The highest BCUT2D eigenvalue weighted by Crippen LogP contribution is 2.33. The summed E-state index contributed by atoms with van der Waals surface area (Å²) in [6.07, 6.45) is 0.913. The van der Waals surface area contributed by atoms with Crippen LogP contribution in [0.2, 0.25) is 0 Å². The molecule has 0 spiro atoms. The predicted molar refractivity (Wildman–Crippen MR) is 180 cm³/mol. The van der Waals surface area contributed by atoms with Crippen LogP contribution in [-0.2, 0) is 22.4 Å². The number of fused-ring (bicyclic) bond motifs is 1. The first-order valence-electron chi connectivity index (χ1n) is 16.8. The van der Waals surface area contributed by atoms with Crippen molar-refractivity contribution in [1.29, 1.82) is 0 Å². The summed E-state index contributed by atoms with van der Waals surface area (Å²) >= 11 is 0. The third-order valence-electron chi connectivity index (χ3n) is 8.90. The Hall–Kier alpha value is -4.43. The Morgan fingerprint density at radius 2 is 1.58 bits per heavy atom. The lowest BCUT2D eigenvalue weighted by Gasteiger charge is -2.26. The summed E-state index contributed by atoms with van der Waals surface area (Å²) in [6, 6.07) is 20.1. The molecule has 0 saturated carbocycles. The van der Waals surface area contributed by atoms with Gasteiger partial charge in [0.05, 0.1) is 6.33 Å². The number of rotatable bonds is 13. The molecule has 254 valence electrons. The molecule has 2 aromatic heterocycles. The number of nitrogens with zero attached hydrogens (tertiary/aromatic N) is 5. The van der Waals surface area contributed by atoms with Gasteiger partial charge in [-0.15, -0.1) is 0 Å². The topological polar surface area (TPSA) is 167 Å². The van der Waals surface area contributed by atoms with E-state index in [2.05, 4.69) is 55.1 Å². The first kappa shape index (κ1) is 33.5. The van der Waals surface area contributed by atoms with Crippen molar-refractivity contribution >= 4 is 28.8 Å². The van der Waals surface area contributed by atoms with Gasteiger partial charge in [-0.1, -0.05) is 67.1 Å². The lowest BCUT2D eigenvalue weighted by molar-refractivity contribution is -0.137. The second-order valence-electron chi connectivity index (χ2n) is 12.4. The third-order valence-corrected chi connectivity index (χ3v) is 8.90. The standard InChI is InChI=1S/C35H44N8O5/c1-2-36-33(46)29-27(44)28(45)35(48-29)43-22-38-26-30(39-25(20-23-12-6-3-7-13-23)21-24-14-8-4-9-15-24)40-31(41-32(26)43)34(47)37-16-19-42-17-10-5-11-18-42/h3-4,6-9,12-15,22,25,27-29,35,44-45H,2,5,10-11,16-21H2,1H3,(H,36,46)(H,37,47)(H,39,40,41)/t27-,28-,29-,35+/m0/s1. The van der Waals surface area contributed by atoms with Crippen molar-refractivity contribution in [3.63, 3.8) is 0 Å². The Bertz CT molecular complexity index is 1620. The van der Waals surface area contributed by atoms with Gasteiger partial charge < -0.3 is 35.8 Å². The maximum Gasteiger partial charge on any atom is 0.289 e. The maximum atomic E-state index is 13.5. The van der Waals surface area contributed by atoms with E-state index in [9.17, 15) is 19.8 Å². The Labute approximate surface area is 279 Å². The number of aliphatic hydroxyl groups excluding tert-OH is 2. The minimum absolute atomic E-state index is 0.0723. The molecule has 13 heteroatoms. The van der Waals surface area contributed by atoms with Crippen molar-refractivity contribution in [3.8, 4) is 0 Å². The number of piperidine rings is 1. The number of hydrogen-bond donors (Lipinski definition) is 5. The zero-order valence-electron chi connectivity index (χ0n) is 27.2. The van der Waals surface area contributed by atoms with Crippen molar-refractivity contribution in [2.45, 2.75) is 69.6 Å². The molecule has 5 N–H and O–H groups in total. The SMILES string of the molecule is CCNC(=O)[C@H]1O[C@@H](n2cnc3c(NC(Cc4ccccc4)Cc4ccccc4)nc(C(=O)NCCN4CCCCC4)nc32)[C@@H](O)[C@@H]1O. The molecule has 0 radical (unpaired) electrons. The molecule has 2 saturated heterocycles. The molecule has 2 fully saturated rings. The minimum atomic E-state index is -1.47. The molecular formula is C35H44N8O5. The van der Waals surface area contributed by atoms with Gasteiger partial charge >= 0.3 is 0 Å². The lowest BCUT2D eigenvalue weighted by Crippen LogP contribution is -2.42. The van der Waals surface area contributed by atoms with Crippen molar-refractivity contribution < 1.29 is 24.5 Å². The molecule has 2 aromatic carbocycles. The fraction of sp³-hybridized carbons (Fsp3) is 0.457. The van der Waals surface area contributed by atoms with E-state index in [0.717, 1.165) is 43.6 Å². The number of hydrogen-bond acceptors (Lipinski definition) is 10. The smallest absolute Gasteiger partial charge is 0.289 e. The van der Waals surface area contributed by atoms with Gasteiger partial charge in [0.1, 0.15) is 12.2 Å². The van der Waals surface area contributed by atoms with Gasteiger partial charge in [0.25, 0.3) is 11.8 Å². The molecule has 4 atom stereocenters. The van der Waals surface area contributed by atoms with Crippen LogP contribution in [0.25, 0.3) is 11.2 Å². The van der Waals surface area contributed by atoms with Crippen molar-refractivity contribution in [1.82, 2.24) is 35.1 Å². The summed E-state index contributed by atoms with van der Waals surface area (Å²) in [6.45, 7) is 5.30. The maximum absolute atomic E-state index is 13.5. The molecule has 0 aliphatic carbocycles. The largest absolute Gasteiger partial charge is 0.387 e. The Balaban J connectivity index is 1.33. The molecule has 0 unspecified atom stereocenters. The molecule has 48 heavy (non-hydrogen) atoms. The van der Waals surface area contributed by atoms with Gasteiger partial charge in [-0.2, -0.15) is 0 Å². The van der Waals surface area contributed by atoms with E-state index in [1.807, 2.05) is 36.4 Å². The minimum Gasteiger partial charge on any atom is -0.387 e. The van der Waals surface area contributed by atoms with E-state index in [4.69, 9.17) is 9.72 Å². The molecule has 2 aliphatic heterocycles. The third kappa shape index (κ3) is 7.81. The lowest BCUT2D eigenvalue weighted by atomic mass is 9.99. The fourth-order valence-electron chi connectivity index (χ4n) is 6.44. The molecule has 2 aliphatic rings. The number of ether oxygens (including phenoxy) is 1. The average Bonchev–Trinajstić information content (AvgIpc) is 3.66. The van der Waals surface area contributed by atoms with Crippen LogP contribution in [0.1, 0.15) is 54.2 Å². The Morgan fingerprint density at radius 3 is 2.23 bits per heavy atom. The highest BCUT2D eigenvalue weighted by atomic mass is 16.6. The van der Waals surface area contributed by atoms with Crippen LogP contribution in [0.5, 0.6) is 0 Å². The highest BCUT2D eigenvalue weighted by molar-refractivity contribution is 5.94. The summed E-state index contributed by atoms with van der Waals surface area (Å²) in [7, 11) is 0. The van der Waals surface area contributed by atoms with E-state index in [-0.39, 0.29) is 17.5 Å². The van der Waals surface area contributed by atoms with Crippen molar-refractivity contribution in [3.05, 3.63) is 83.9 Å². The Kier molecular flexibility index (Phi) is 10.9. The summed E-state index contributed by atoms with van der Waals surface area (Å²) in [5.41, 5.74) is 2.84. The monoisotopic (exact) mass is 656 g/mol. The number of aromatic nitrogens is 4. The number of likely N-dealkylation sites (N-methyl/N-ethyl adjacent to an activating group) is 1. The second-order valence-corrected chi connectivity index (χ2v) is 12.4. The van der Waals surface area contributed by atoms with Gasteiger partial charge in [-0.05, 0) is 56.8 Å². The van der Waals surface area contributed by atoms with E-state index < -0.39 is 36.4 Å². The van der Waals surface area contributed by atoms with Gasteiger partial charge in [0.15, 0.2) is 29.3 Å². The number of anilines is 1. The number of aliphatic hydroxyl groups is 2. The molecule has 0 bridgehead atoms. The number of amides is 2. The van der Waals surface area contributed by atoms with Gasteiger partial charge in [-0.3, -0.25) is 14.2 Å². The first-order chi connectivity index (χ1) is 23.4. The zero-order chi connectivity index (χ0) is 33.5. The van der Waals surface area contributed by atoms with Crippen LogP contribution in [-0.4, -0.2) is 104 Å². The van der Waals surface area contributed by atoms with Gasteiger partial charge in [0.2, 0.25) is 5.82 Å². The summed E-state index contributed by atoms with van der Waals surface area (Å²) < 4.78 is 7.34. The quantitative estimate of drug-likeness (QED) is 0.144. The van der Waals surface area contributed by atoms with Gasteiger partial charge in [-0.25, -0.2) is 15.0 Å². The van der Waals surface area contributed by atoms with Crippen LogP contribution in [0.15, 0.2) is 67.0 Å². The first-order valence-corrected chi connectivity index (χ1v) is 16.8. The van der Waals surface area contributed by atoms with E-state index >= 15 is 0 Å². The highest BCUT2D eigenvalue weighted by Gasteiger charge is 2.47. The van der Waals surface area contributed by atoms with Crippen LogP contribution >= 0.6 is 0 Å². The van der Waals surface area contributed by atoms with E-state index in [0.29, 0.717) is 37.3 Å². The molecule has 4 aromatic rings. The van der Waals surface area contributed by atoms with Crippen LogP contribution in [0.4, 0.5) is 5.82 Å². The number of imidazole rings is 1. The van der Waals surface area contributed by atoms with Crippen LogP contribution in [0.3, 0.4) is 0 Å². The van der Waals surface area contributed by atoms with E-state index in [1.165, 1.54) is 17.3 Å². The zero-order valence-corrected chi connectivity index (χ0v) is 27.2. The number of nitrogens with one attached hydrogen (secondary N) is 3. The predicted octanol–water partition coefficient (Wildman–Crippen LogP) is 2.06. The average molecular weight is 657 g/mol. The Morgan fingerprint density at radius 1 is 0.917 bits per heavy atom. The fourth-order valence-corrected chi connectivity index (χ4v) is 6.44. The van der Waals surface area contributed by atoms with Gasteiger partial charge in [0, 0.05) is 25.7 Å². The molecule has 2 amide bonds. The molecule has 6 rings (SSSR count). The van der Waals surface area contributed by atoms with Crippen LogP contribution < -0.4 is 16.0 Å². The number of benzene rings is 2. The van der Waals surface area contributed by atoms with Crippen LogP contribution in [0, 0.1) is 0 Å². The summed E-state index contributed by atoms with van der Waals surface area (Å²) in [5, 5.41) is 30.9. The normalized spacial score (nSPS) is 21.4. The molecule has 4 heterocycles. The number of carbonyl (C=O) groups excluding carboxylic acids is 2. The summed E-state index contributed by atoms with van der Waals surface area (Å²) in [5.74, 6) is -0.700. The number of carbonyl (C=O) groups is 2. The summed E-state index contributed by atoms with van der Waals surface area (Å²) in [4.78, 5) is 42.3. The van der Waals surface area contributed by atoms with Crippen molar-refractivity contribution in [2.75, 3.05) is 38.0 Å². The number of likely N-dealkylation sites (tertiary alicyclic amines) is 1. The molecule has 13 nitrogen and oxygen atoms in total. The van der Waals surface area contributed by atoms with Crippen molar-refractivity contribution in [2.24, 2.45) is 0 Å².